The van der Waals surface area contributed by atoms with Crippen LogP contribution in [0.3, 0.4) is 0 Å². The standard InChI is InChI=1S/C17H26N2O3.ClH/c1-21-15-5-3-13(11-16(15)22-2)4-6-17(20)19-9-7-14(12-18)8-10-19;/h3,5,11,14H,4,6-10,12,18H2,1-2H3;1H. The van der Waals surface area contributed by atoms with Crippen molar-refractivity contribution in [1.82, 2.24) is 4.90 Å². The van der Waals surface area contributed by atoms with Crippen LogP contribution < -0.4 is 15.2 Å². The van der Waals surface area contributed by atoms with Gasteiger partial charge in [0.05, 0.1) is 14.2 Å². The number of carbonyl (C=O) groups is 1. The summed E-state index contributed by atoms with van der Waals surface area (Å²) in [5, 5.41) is 0. The zero-order valence-electron chi connectivity index (χ0n) is 13.9. The first-order valence-electron chi connectivity index (χ1n) is 7.86. The average Bonchev–Trinajstić information content (AvgIpc) is 2.59. The number of nitrogens with zero attached hydrogens (tertiary/aromatic N) is 1. The second-order valence-corrected chi connectivity index (χ2v) is 5.75. The van der Waals surface area contributed by atoms with Crippen molar-refractivity contribution in [2.45, 2.75) is 25.7 Å². The highest BCUT2D eigenvalue weighted by molar-refractivity contribution is 5.85. The fourth-order valence-electron chi connectivity index (χ4n) is 2.86. The Labute approximate surface area is 144 Å². The number of rotatable bonds is 6. The van der Waals surface area contributed by atoms with Crippen LogP contribution >= 0.6 is 12.4 Å². The Bertz CT molecular complexity index is 503. The molecule has 1 fully saturated rings. The van der Waals surface area contributed by atoms with Crippen molar-refractivity contribution < 1.29 is 14.3 Å². The largest absolute Gasteiger partial charge is 0.493 e. The number of likely N-dealkylation sites (tertiary alicyclic amines) is 1. The lowest BCUT2D eigenvalue weighted by atomic mass is 9.96. The second-order valence-electron chi connectivity index (χ2n) is 5.75. The zero-order chi connectivity index (χ0) is 15.9. The van der Waals surface area contributed by atoms with Crippen LogP contribution in [-0.2, 0) is 11.2 Å². The lowest BCUT2D eigenvalue weighted by Gasteiger charge is -2.31. The van der Waals surface area contributed by atoms with E-state index in [9.17, 15) is 4.79 Å². The van der Waals surface area contributed by atoms with Gasteiger partial charge in [-0.2, -0.15) is 0 Å². The van der Waals surface area contributed by atoms with E-state index < -0.39 is 0 Å². The SMILES string of the molecule is COc1ccc(CCC(=O)N2CCC(CN)CC2)cc1OC.Cl. The molecule has 0 spiro atoms. The highest BCUT2D eigenvalue weighted by atomic mass is 35.5. The number of hydrogen-bond acceptors (Lipinski definition) is 4. The molecule has 1 saturated heterocycles. The van der Waals surface area contributed by atoms with Crippen LogP contribution in [0.25, 0.3) is 0 Å². The first-order chi connectivity index (χ1) is 10.7. The molecule has 1 heterocycles. The molecule has 0 aliphatic carbocycles. The summed E-state index contributed by atoms with van der Waals surface area (Å²) < 4.78 is 10.5. The molecule has 0 saturated carbocycles. The summed E-state index contributed by atoms with van der Waals surface area (Å²) in [5.74, 6) is 2.22. The van der Waals surface area contributed by atoms with E-state index >= 15 is 0 Å². The number of benzene rings is 1. The van der Waals surface area contributed by atoms with Crippen molar-refractivity contribution in [3.63, 3.8) is 0 Å². The summed E-state index contributed by atoms with van der Waals surface area (Å²) in [5.41, 5.74) is 6.77. The Hall–Kier alpha value is -1.46. The van der Waals surface area contributed by atoms with Gasteiger partial charge in [0.2, 0.25) is 5.91 Å². The molecule has 0 unspecified atom stereocenters. The van der Waals surface area contributed by atoms with Crippen LogP contribution in [0.15, 0.2) is 18.2 Å². The van der Waals surface area contributed by atoms with Crippen LogP contribution in [0.5, 0.6) is 11.5 Å². The van der Waals surface area contributed by atoms with Gasteiger partial charge in [0.1, 0.15) is 0 Å². The zero-order valence-corrected chi connectivity index (χ0v) is 14.7. The number of nitrogens with two attached hydrogens (primary N) is 1. The third kappa shape index (κ3) is 5.29. The molecule has 130 valence electrons. The topological polar surface area (TPSA) is 64.8 Å². The molecular formula is C17H27ClN2O3. The first-order valence-corrected chi connectivity index (χ1v) is 7.86. The smallest absolute Gasteiger partial charge is 0.222 e. The van der Waals surface area contributed by atoms with E-state index in [1.807, 2.05) is 23.1 Å². The van der Waals surface area contributed by atoms with Gasteiger partial charge in [-0.3, -0.25) is 4.79 Å². The number of ether oxygens (including phenoxy) is 2. The minimum atomic E-state index is 0. The molecule has 5 nitrogen and oxygen atoms in total. The molecular weight excluding hydrogens is 316 g/mol. The van der Waals surface area contributed by atoms with Crippen molar-refractivity contribution in [2.24, 2.45) is 11.7 Å². The number of hydrogen-bond donors (Lipinski definition) is 1. The number of piperidine rings is 1. The van der Waals surface area contributed by atoms with Crippen LogP contribution in [0.2, 0.25) is 0 Å². The van der Waals surface area contributed by atoms with Crippen LogP contribution in [-0.4, -0.2) is 44.7 Å². The van der Waals surface area contributed by atoms with Gasteiger partial charge in [-0.15, -0.1) is 12.4 Å². The molecule has 0 bridgehead atoms. The molecule has 0 atom stereocenters. The van der Waals surface area contributed by atoms with E-state index in [0.717, 1.165) is 44.5 Å². The molecule has 23 heavy (non-hydrogen) atoms. The van der Waals surface area contributed by atoms with Gasteiger partial charge in [0.15, 0.2) is 11.5 Å². The van der Waals surface area contributed by atoms with Gasteiger partial charge in [-0.1, -0.05) is 6.07 Å². The normalized spacial score (nSPS) is 15.0. The minimum Gasteiger partial charge on any atom is -0.493 e. The first kappa shape index (κ1) is 19.6. The molecule has 1 aliphatic rings. The maximum Gasteiger partial charge on any atom is 0.222 e. The third-order valence-electron chi connectivity index (χ3n) is 4.38. The van der Waals surface area contributed by atoms with Gasteiger partial charge in [0.25, 0.3) is 0 Å². The minimum absolute atomic E-state index is 0. The summed E-state index contributed by atoms with van der Waals surface area (Å²) in [6, 6.07) is 5.80. The predicted octanol–water partition coefficient (Wildman–Crippen LogP) is 2.26. The molecule has 1 aromatic carbocycles. The molecule has 0 radical (unpaired) electrons. The second kappa shape index (κ2) is 9.63. The molecule has 0 aromatic heterocycles. The van der Waals surface area contributed by atoms with E-state index in [0.29, 0.717) is 23.8 Å². The summed E-state index contributed by atoms with van der Waals surface area (Å²) >= 11 is 0. The van der Waals surface area contributed by atoms with Gasteiger partial charge in [-0.05, 0) is 49.4 Å². The third-order valence-corrected chi connectivity index (χ3v) is 4.38. The quantitative estimate of drug-likeness (QED) is 0.861. The Balaban J connectivity index is 0.00000264. The van der Waals surface area contributed by atoms with Crippen LogP contribution in [0.1, 0.15) is 24.8 Å². The summed E-state index contributed by atoms with van der Waals surface area (Å²) in [7, 11) is 3.24. The fraction of sp³-hybridized carbons (Fsp3) is 0.588. The Kier molecular flexibility index (Phi) is 8.20. The number of aryl methyl sites for hydroxylation is 1. The van der Waals surface area contributed by atoms with Gasteiger partial charge in [-0.25, -0.2) is 0 Å². The number of amides is 1. The molecule has 1 aromatic rings. The maximum atomic E-state index is 12.3. The summed E-state index contributed by atoms with van der Waals surface area (Å²) in [6.45, 7) is 2.41. The van der Waals surface area contributed by atoms with E-state index in [2.05, 4.69) is 0 Å². The van der Waals surface area contributed by atoms with E-state index in [1.54, 1.807) is 14.2 Å². The fourth-order valence-corrected chi connectivity index (χ4v) is 2.86. The van der Waals surface area contributed by atoms with E-state index in [-0.39, 0.29) is 18.3 Å². The Morgan fingerprint density at radius 1 is 1.22 bits per heavy atom. The lowest BCUT2D eigenvalue weighted by molar-refractivity contribution is -0.132. The Morgan fingerprint density at radius 3 is 2.43 bits per heavy atom. The Morgan fingerprint density at radius 2 is 1.87 bits per heavy atom. The molecule has 2 N–H and O–H groups in total. The van der Waals surface area contributed by atoms with Crippen molar-refractivity contribution in [2.75, 3.05) is 33.9 Å². The highest BCUT2D eigenvalue weighted by Gasteiger charge is 2.21. The van der Waals surface area contributed by atoms with Crippen molar-refractivity contribution >= 4 is 18.3 Å². The van der Waals surface area contributed by atoms with Gasteiger partial charge >= 0.3 is 0 Å². The molecule has 1 amide bonds. The van der Waals surface area contributed by atoms with Gasteiger partial charge in [0, 0.05) is 19.5 Å². The monoisotopic (exact) mass is 342 g/mol. The van der Waals surface area contributed by atoms with Crippen molar-refractivity contribution in [3.8, 4) is 11.5 Å². The number of carbonyl (C=O) groups excluding carboxylic acids is 1. The maximum absolute atomic E-state index is 12.3. The van der Waals surface area contributed by atoms with Crippen LogP contribution in [0, 0.1) is 5.92 Å². The van der Waals surface area contributed by atoms with Crippen LogP contribution in [0.4, 0.5) is 0 Å². The molecule has 2 rings (SSSR count). The molecule has 6 heteroatoms. The summed E-state index contributed by atoms with van der Waals surface area (Å²) in [4.78, 5) is 14.2. The number of methoxy groups -OCH3 is 2. The lowest BCUT2D eigenvalue weighted by Crippen LogP contribution is -2.40. The van der Waals surface area contributed by atoms with Crippen molar-refractivity contribution in [3.05, 3.63) is 23.8 Å². The van der Waals surface area contributed by atoms with E-state index in [1.165, 1.54) is 0 Å². The van der Waals surface area contributed by atoms with E-state index in [4.69, 9.17) is 15.2 Å². The van der Waals surface area contributed by atoms with Crippen molar-refractivity contribution in [1.29, 1.82) is 0 Å². The predicted molar refractivity (Wildman–Crippen MR) is 93.5 cm³/mol. The molecule has 1 aliphatic heterocycles. The number of halogens is 1. The summed E-state index contributed by atoms with van der Waals surface area (Å²) in [6.07, 6.45) is 3.30. The highest BCUT2D eigenvalue weighted by Crippen LogP contribution is 2.28. The average molecular weight is 343 g/mol. The van der Waals surface area contributed by atoms with Gasteiger partial charge < -0.3 is 20.1 Å².